The van der Waals surface area contributed by atoms with E-state index in [4.69, 9.17) is 4.74 Å². The Labute approximate surface area is 153 Å². The number of ether oxygens (including phenoxy) is 1. The van der Waals surface area contributed by atoms with Crippen LogP contribution in [-0.4, -0.2) is 28.5 Å². The summed E-state index contributed by atoms with van der Waals surface area (Å²) in [5.74, 6) is -0.0502. The zero-order valence-electron chi connectivity index (χ0n) is 14.3. The Morgan fingerprint density at radius 3 is 2.81 bits per heavy atom. The molecule has 0 aliphatic carbocycles. The fraction of sp³-hybridized carbons (Fsp3) is 0.211. The highest BCUT2D eigenvalue weighted by Crippen LogP contribution is 2.14. The molecule has 2 aromatic carbocycles. The lowest BCUT2D eigenvalue weighted by Gasteiger charge is -2.11. The number of benzene rings is 2. The number of nitrogens with one attached hydrogen (secondary N) is 1. The monoisotopic (exact) mass is 373 g/mol. The highest BCUT2D eigenvalue weighted by molar-refractivity contribution is 5.79. The summed E-state index contributed by atoms with van der Waals surface area (Å²) in [6, 6.07) is 13.6. The topological polar surface area (TPSA) is 73.2 Å². The van der Waals surface area contributed by atoms with Crippen LogP contribution in [0.15, 0.2) is 59.5 Å². The van der Waals surface area contributed by atoms with Gasteiger partial charge in [0, 0.05) is 6.54 Å². The van der Waals surface area contributed by atoms with Gasteiger partial charge in [-0.1, -0.05) is 24.3 Å². The summed E-state index contributed by atoms with van der Waals surface area (Å²) in [5.41, 5.74) is 1.52. The molecule has 0 fully saturated rings. The number of alkyl halides is 2. The molecule has 6 nitrogen and oxygen atoms in total. The molecule has 1 heterocycles. The Morgan fingerprint density at radius 2 is 2.00 bits per heavy atom. The van der Waals surface area contributed by atoms with E-state index in [-0.39, 0.29) is 24.6 Å². The molecule has 1 N–H and O–H groups in total. The second kappa shape index (κ2) is 8.39. The molecule has 0 aliphatic rings. The SMILES string of the molecule is O=C(Cn1c(=O)cnc2ccccc21)NCc1cccc(OCC(F)F)c1. The van der Waals surface area contributed by atoms with Gasteiger partial charge in [0.05, 0.1) is 17.2 Å². The summed E-state index contributed by atoms with van der Waals surface area (Å²) in [6.45, 7) is -0.653. The molecule has 0 bridgehead atoms. The van der Waals surface area contributed by atoms with E-state index in [1.807, 2.05) is 0 Å². The summed E-state index contributed by atoms with van der Waals surface area (Å²) >= 11 is 0. The van der Waals surface area contributed by atoms with Crippen LogP contribution in [0, 0.1) is 0 Å². The molecule has 0 atom stereocenters. The average molecular weight is 373 g/mol. The smallest absolute Gasteiger partial charge is 0.272 e. The van der Waals surface area contributed by atoms with Crippen molar-refractivity contribution in [1.82, 2.24) is 14.9 Å². The summed E-state index contributed by atoms with van der Waals surface area (Å²) in [5, 5.41) is 2.71. The Hall–Kier alpha value is -3.29. The molecule has 0 spiro atoms. The minimum absolute atomic E-state index is 0.149. The summed E-state index contributed by atoms with van der Waals surface area (Å²) in [6.07, 6.45) is -1.37. The molecule has 0 unspecified atom stereocenters. The first-order valence-corrected chi connectivity index (χ1v) is 8.24. The maximum Gasteiger partial charge on any atom is 0.272 e. The molecule has 8 heteroatoms. The van der Waals surface area contributed by atoms with E-state index < -0.39 is 13.0 Å². The first-order valence-electron chi connectivity index (χ1n) is 8.24. The molecule has 3 rings (SSSR count). The standard InChI is InChI=1S/C19H17F2N3O3/c20-17(21)12-27-14-5-3-4-13(8-14)9-23-18(25)11-24-16-7-2-1-6-15(16)22-10-19(24)26/h1-8,10,17H,9,11-12H2,(H,23,25). The normalized spacial score (nSPS) is 10.9. The molecule has 27 heavy (non-hydrogen) atoms. The van der Waals surface area contributed by atoms with Crippen molar-refractivity contribution in [3.63, 3.8) is 0 Å². The zero-order chi connectivity index (χ0) is 19.2. The van der Waals surface area contributed by atoms with Crippen molar-refractivity contribution in [1.29, 1.82) is 0 Å². The minimum Gasteiger partial charge on any atom is -0.488 e. The fourth-order valence-corrected chi connectivity index (χ4v) is 2.58. The molecular weight excluding hydrogens is 356 g/mol. The Kier molecular flexibility index (Phi) is 5.75. The highest BCUT2D eigenvalue weighted by Gasteiger charge is 2.09. The van der Waals surface area contributed by atoms with E-state index in [2.05, 4.69) is 10.3 Å². The van der Waals surface area contributed by atoms with Gasteiger partial charge in [0.2, 0.25) is 5.91 Å². The predicted molar refractivity (Wildman–Crippen MR) is 95.8 cm³/mol. The summed E-state index contributed by atoms with van der Waals surface area (Å²) < 4.78 is 30.7. The van der Waals surface area contributed by atoms with Crippen LogP contribution in [0.1, 0.15) is 5.56 Å². The van der Waals surface area contributed by atoms with Gasteiger partial charge >= 0.3 is 0 Å². The van der Waals surface area contributed by atoms with Crippen LogP contribution in [0.3, 0.4) is 0 Å². The van der Waals surface area contributed by atoms with E-state index in [9.17, 15) is 18.4 Å². The van der Waals surface area contributed by atoms with Crippen molar-refractivity contribution in [2.45, 2.75) is 19.5 Å². The minimum atomic E-state index is -2.55. The quantitative estimate of drug-likeness (QED) is 0.690. The average Bonchev–Trinajstić information content (AvgIpc) is 2.67. The first kappa shape index (κ1) is 18.5. The number of amides is 1. The van der Waals surface area contributed by atoms with Crippen LogP contribution in [0.2, 0.25) is 0 Å². The maximum atomic E-state index is 12.3. The van der Waals surface area contributed by atoms with Crippen LogP contribution < -0.4 is 15.6 Å². The molecule has 1 aromatic heterocycles. The van der Waals surface area contributed by atoms with Crippen molar-refractivity contribution >= 4 is 16.9 Å². The van der Waals surface area contributed by atoms with Gasteiger partial charge in [-0.15, -0.1) is 0 Å². The number of carbonyl (C=O) groups is 1. The van der Waals surface area contributed by atoms with Gasteiger partial charge in [-0.3, -0.25) is 14.2 Å². The van der Waals surface area contributed by atoms with Crippen LogP contribution in [0.4, 0.5) is 8.78 Å². The molecule has 0 aliphatic heterocycles. The lowest BCUT2D eigenvalue weighted by atomic mass is 10.2. The van der Waals surface area contributed by atoms with Crippen molar-refractivity contribution in [3.05, 3.63) is 70.6 Å². The van der Waals surface area contributed by atoms with Crippen LogP contribution in [0.25, 0.3) is 11.0 Å². The van der Waals surface area contributed by atoms with E-state index in [0.29, 0.717) is 22.3 Å². The third-order valence-electron chi connectivity index (χ3n) is 3.82. The van der Waals surface area contributed by atoms with Gasteiger partial charge in [-0.2, -0.15) is 0 Å². The van der Waals surface area contributed by atoms with E-state index in [1.165, 1.54) is 10.8 Å². The largest absolute Gasteiger partial charge is 0.488 e. The van der Waals surface area contributed by atoms with Gasteiger partial charge in [0.25, 0.3) is 12.0 Å². The lowest BCUT2D eigenvalue weighted by molar-refractivity contribution is -0.121. The predicted octanol–water partition coefficient (Wildman–Crippen LogP) is 2.36. The summed E-state index contributed by atoms with van der Waals surface area (Å²) in [7, 11) is 0. The Balaban J connectivity index is 1.65. The maximum absolute atomic E-state index is 12.3. The first-order chi connectivity index (χ1) is 13.0. The zero-order valence-corrected chi connectivity index (χ0v) is 14.3. The van der Waals surface area contributed by atoms with Crippen molar-refractivity contribution in [2.75, 3.05) is 6.61 Å². The Morgan fingerprint density at radius 1 is 1.19 bits per heavy atom. The van der Waals surface area contributed by atoms with Gasteiger partial charge in [-0.05, 0) is 29.8 Å². The van der Waals surface area contributed by atoms with Crippen LogP contribution in [0.5, 0.6) is 5.75 Å². The Bertz CT molecular complexity index is 1000. The molecule has 0 saturated carbocycles. The number of para-hydroxylation sites is 2. The number of aromatic nitrogens is 2. The van der Waals surface area contributed by atoms with Gasteiger partial charge < -0.3 is 10.1 Å². The molecule has 1 amide bonds. The van der Waals surface area contributed by atoms with Gasteiger partial charge in [0.15, 0.2) is 0 Å². The van der Waals surface area contributed by atoms with E-state index in [0.717, 1.165) is 0 Å². The number of rotatable bonds is 7. The van der Waals surface area contributed by atoms with Crippen molar-refractivity contribution < 1.29 is 18.3 Å². The number of halogens is 2. The molecule has 0 radical (unpaired) electrons. The van der Waals surface area contributed by atoms with E-state index in [1.54, 1.807) is 48.5 Å². The second-order valence-electron chi connectivity index (χ2n) is 5.80. The molecule has 0 saturated heterocycles. The van der Waals surface area contributed by atoms with E-state index >= 15 is 0 Å². The third kappa shape index (κ3) is 4.87. The third-order valence-corrected chi connectivity index (χ3v) is 3.82. The molecule has 3 aromatic rings. The second-order valence-corrected chi connectivity index (χ2v) is 5.80. The van der Waals surface area contributed by atoms with Gasteiger partial charge in [0.1, 0.15) is 18.9 Å². The lowest BCUT2D eigenvalue weighted by Crippen LogP contribution is -2.32. The number of hydrogen-bond donors (Lipinski definition) is 1. The molecular formula is C19H17F2N3O3. The van der Waals surface area contributed by atoms with Crippen molar-refractivity contribution in [3.8, 4) is 5.75 Å². The number of nitrogens with zero attached hydrogens (tertiary/aromatic N) is 2. The fourth-order valence-electron chi connectivity index (χ4n) is 2.58. The summed E-state index contributed by atoms with van der Waals surface area (Å²) in [4.78, 5) is 28.4. The molecule has 140 valence electrons. The number of hydrogen-bond acceptors (Lipinski definition) is 4. The number of fused-ring (bicyclic) bond motifs is 1. The van der Waals surface area contributed by atoms with Gasteiger partial charge in [-0.25, -0.2) is 13.8 Å². The highest BCUT2D eigenvalue weighted by atomic mass is 19.3. The van der Waals surface area contributed by atoms with Crippen LogP contribution >= 0.6 is 0 Å². The van der Waals surface area contributed by atoms with Crippen molar-refractivity contribution in [2.24, 2.45) is 0 Å². The number of carbonyl (C=O) groups excluding carboxylic acids is 1. The van der Waals surface area contributed by atoms with Crippen LogP contribution in [-0.2, 0) is 17.9 Å².